The van der Waals surface area contributed by atoms with Crippen LogP contribution in [0.2, 0.25) is 0 Å². The van der Waals surface area contributed by atoms with E-state index in [1.54, 1.807) is 0 Å². The molecule has 0 aliphatic heterocycles. The molecule has 6 aromatic rings. The Balaban J connectivity index is 1.75. The quantitative estimate of drug-likeness (QED) is 0.272. The van der Waals surface area contributed by atoms with Gasteiger partial charge in [-0.15, -0.1) is 0 Å². The lowest BCUT2D eigenvalue weighted by Crippen LogP contribution is -2.14. The molecule has 0 spiro atoms. The maximum Gasteiger partial charge on any atom is 0.146 e. The third-order valence-corrected chi connectivity index (χ3v) is 8.53. The summed E-state index contributed by atoms with van der Waals surface area (Å²) in [6.07, 6.45) is 0. The van der Waals surface area contributed by atoms with Crippen molar-refractivity contribution in [2.75, 3.05) is 6.66 Å². The van der Waals surface area contributed by atoms with E-state index >= 15 is 0 Å². The molecule has 0 saturated carbocycles. The highest BCUT2D eigenvalue weighted by atomic mass is 31.2. The molecule has 0 N–H and O–H groups in total. The van der Waals surface area contributed by atoms with Crippen molar-refractivity contribution in [1.29, 1.82) is 0 Å². The van der Waals surface area contributed by atoms with E-state index in [0.717, 1.165) is 49.0 Å². The van der Waals surface area contributed by atoms with E-state index in [-0.39, 0.29) is 0 Å². The van der Waals surface area contributed by atoms with Crippen LogP contribution < -0.4 is 10.6 Å². The molecule has 1 atom stereocenters. The first kappa shape index (κ1) is 17.4. The molecule has 6 rings (SSSR count). The molecule has 0 bridgehead atoms. The summed E-state index contributed by atoms with van der Waals surface area (Å²) >= 11 is 0. The molecule has 1 unspecified atom stereocenters. The van der Waals surface area contributed by atoms with Gasteiger partial charge in [-0.3, -0.25) is 4.40 Å². The number of aromatic nitrogens is 2. The van der Waals surface area contributed by atoms with Crippen molar-refractivity contribution in [3.8, 4) is 0 Å². The third-order valence-electron chi connectivity index (χ3n) is 5.98. The Kier molecular flexibility index (Phi) is 3.65. The summed E-state index contributed by atoms with van der Waals surface area (Å²) in [4.78, 5) is 4.94. The minimum Gasteiger partial charge on any atom is -0.314 e. The number of benzene rings is 4. The second kappa shape index (κ2) is 6.29. The molecule has 4 aromatic carbocycles. The molecule has 0 saturated heterocycles. The van der Waals surface area contributed by atoms with Gasteiger partial charge in [0, 0.05) is 21.4 Å². The second-order valence-electron chi connectivity index (χ2n) is 7.77. The number of imidazole rings is 1. The fourth-order valence-corrected chi connectivity index (χ4v) is 6.20. The predicted octanol–water partition coefficient (Wildman–Crippen LogP) is 5.74. The molecule has 0 fully saturated rings. The number of para-hydroxylation sites is 3. The average Bonchev–Trinajstić information content (AvgIpc) is 3.19. The highest BCUT2D eigenvalue weighted by Gasteiger charge is 2.22. The van der Waals surface area contributed by atoms with Crippen LogP contribution in [-0.4, -0.2) is 16.0 Å². The van der Waals surface area contributed by atoms with Crippen molar-refractivity contribution in [2.45, 2.75) is 0 Å². The first-order chi connectivity index (χ1) is 14.6. The van der Waals surface area contributed by atoms with Crippen LogP contribution >= 0.6 is 7.14 Å². The van der Waals surface area contributed by atoms with Crippen LogP contribution in [0.3, 0.4) is 0 Å². The summed E-state index contributed by atoms with van der Waals surface area (Å²) in [5.74, 6) is 0. The molecule has 2 heterocycles. The molecule has 0 radical (unpaired) electrons. The molecular weight excluding hydrogens is 387 g/mol. The monoisotopic (exact) mass is 406 g/mol. The number of hydrogen-bond donors (Lipinski definition) is 0. The molecule has 0 aliphatic carbocycles. The van der Waals surface area contributed by atoms with Gasteiger partial charge in [0.05, 0.1) is 16.6 Å². The summed E-state index contributed by atoms with van der Waals surface area (Å²) in [7, 11) is -2.70. The van der Waals surface area contributed by atoms with Crippen LogP contribution in [0.1, 0.15) is 0 Å². The second-order valence-corrected chi connectivity index (χ2v) is 10.6. The number of rotatable bonds is 2. The minimum atomic E-state index is -2.70. The number of fused-ring (bicyclic) bond motifs is 8. The minimum absolute atomic E-state index is 0.867. The smallest absolute Gasteiger partial charge is 0.146 e. The summed E-state index contributed by atoms with van der Waals surface area (Å²) < 4.78 is 16.0. The topological polar surface area (TPSA) is 34.4 Å². The van der Waals surface area contributed by atoms with Gasteiger partial charge in [-0.05, 0) is 42.4 Å². The number of hydrogen-bond acceptors (Lipinski definition) is 2. The zero-order chi connectivity index (χ0) is 20.3. The fraction of sp³-hybridized carbons (Fsp3) is 0.0385. The molecule has 0 amide bonds. The van der Waals surface area contributed by atoms with Crippen molar-refractivity contribution < 1.29 is 4.57 Å². The van der Waals surface area contributed by atoms with E-state index in [2.05, 4.69) is 46.9 Å². The van der Waals surface area contributed by atoms with Crippen molar-refractivity contribution in [1.82, 2.24) is 9.38 Å². The van der Waals surface area contributed by atoms with Gasteiger partial charge in [-0.1, -0.05) is 66.7 Å². The first-order valence-corrected chi connectivity index (χ1v) is 12.2. The van der Waals surface area contributed by atoms with Gasteiger partial charge in [-0.25, -0.2) is 4.98 Å². The maximum atomic E-state index is 13.8. The standard InChI is InChI=1S/C26H19N2OP/c1-30(29,18-9-3-2-4-10-18)19-15-16-21-22(17-19)20-11-5-7-13-24(20)28-25-14-8-6-12-23(25)27-26(21)28/h2-17H,1H3. The maximum absolute atomic E-state index is 13.8. The van der Waals surface area contributed by atoms with Gasteiger partial charge in [0.2, 0.25) is 0 Å². The molecule has 2 aromatic heterocycles. The van der Waals surface area contributed by atoms with Crippen LogP contribution in [-0.2, 0) is 4.57 Å². The van der Waals surface area contributed by atoms with Crippen molar-refractivity contribution >= 4 is 56.1 Å². The lowest BCUT2D eigenvalue weighted by atomic mass is 10.1. The molecule has 0 aliphatic rings. The summed E-state index contributed by atoms with van der Waals surface area (Å²) in [6, 6.07) is 32.5. The largest absolute Gasteiger partial charge is 0.314 e. The predicted molar refractivity (Wildman–Crippen MR) is 127 cm³/mol. The van der Waals surface area contributed by atoms with E-state index in [1.165, 1.54) is 0 Å². The van der Waals surface area contributed by atoms with Gasteiger partial charge >= 0.3 is 0 Å². The summed E-state index contributed by atoms with van der Waals surface area (Å²) in [6.45, 7) is 1.86. The Morgan fingerprint density at radius 3 is 2.20 bits per heavy atom. The van der Waals surface area contributed by atoms with E-state index in [1.807, 2.05) is 61.3 Å². The first-order valence-electron chi connectivity index (χ1n) is 10.00. The Hall–Kier alpha value is -3.42. The van der Waals surface area contributed by atoms with E-state index in [4.69, 9.17) is 4.98 Å². The van der Waals surface area contributed by atoms with Gasteiger partial charge in [0.25, 0.3) is 0 Å². The van der Waals surface area contributed by atoms with Crippen LogP contribution in [0.25, 0.3) is 38.4 Å². The fourth-order valence-electron chi connectivity index (χ4n) is 4.42. The molecular formula is C26H19N2OP. The Bertz CT molecular complexity index is 1630. The Morgan fingerprint density at radius 1 is 0.667 bits per heavy atom. The molecule has 4 heteroatoms. The molecule has 30 heavy (non-hydrogen) atoms. The van der Waals surface area contributed by atoms with E-state index < -0.39 is 7.14 Å². The third kappa shape index (κ3) is 2.39. The van der Waals surface area contributed by atoms with Crippen LogP contribution in [0, 0.1) is 0 Å². The van der Waals surface area contributed by atoms with E-state index in [9.17, 15) is 4.57 Å². The summed E-state index contributed by atoms with van der Waals surface area (Å²) in [5.41, 5.74) is 4.11. The Morgan fingerprint density at radius 2 is 1.37 bits per heavy atom. The zero-order valence-electron chi connectivity index (χ0n) is 16.5. The normalized spacial score (nSPS) is 13.9. The average molecular weight is 406 g/mol. The Labute approximate surface area is 174 Å². The zero-order valence-corrected chi connectivity index (χ0v) is 17.4. The SMILES string of the molecule is CP(=O)(c1ccccc1)c1ccc2c(c1)c1ccccc1n1c3ccccc3nc21. The van der Waals surface area contributed by atoms with Crippen molar-refractivity contribution in [2.24, 2.45) is 0 Å². The highest BCUT2D eigenvalue weighted by molar-refractivity contribution is 7.78. The lowest BCUT2D eigenvalue weighted by Gasteiger charge is -2.16. The summed E-state index contributed by atoms with van der Waals surface area (Å²) in [5, 5.41) is 5.04. The number of pyridine rings is 1. The lowest BCUT2D eigenvalue weighted by molar-refractivity contribution is 0.590. The van der Waals surface area contributed by atoms with E-state index in [0.29, 0.717) is 0 Å². The van der Waals surface area contributed by atoms with Gasteiger partial charge in [0.15, 0.2) is 0 Å². The highest BCUT2D eigenvalue weighted by Crippen LogP contribution is 2.41. The molecule has 3 nitrogen and oxygen atoms in total. The van der Waals surface area contributed by atoms with Crippen molar-refractivity contribution in [3.63, 3.8) is 0 Å². The van der Waals surface area contributed by atoms with Gasteiger partial charge in [0.1, 0.15) is 12.8 Å². The molecule has 144 valence electrons. The van der Waals surface area contributed by atoms with Crippen LogP contribution in [0.15, 0.2) is 97.1 Å². The van der Waals surface area contributed by atoms with Crippen LogP contribution in [0.5, 0.6) is 0 Å². The van der Waals surface area contributed by atoms with Gasteiger partial charge < -0.3 is 4.57 Å². The van der Waals surface area contributed by atoms with Gasteiger partial charge in [-0.2, -0.15) is 0 Å². The van der Waals surface area contributed by atoms with Crippen molar-refractivity contribution in [3.05, 3.63) is 97.1 Å². The van der Waals surface area contributed by atoms with Crippen LogP contribution in [0.4, 0.5) is 0 Å². The number of nitrogens with zero attached hydrogens (tertiary/aromatic N) is 2.